The van der Waals surface area contributed by atoms with Crippen LogP contribution in [0.1, 0.15) is 0 Å². The molecule has 2 heterocycles. The predicted molar refractivity (Wildman–Crippen MR) is 132 cm³/mol. The number of para-hydroxylation sites is 1. The molecule has 1 saturated heterocycles. The number of hydrogen-bond acceptors (Lipinski definition) is 6. The van der Waals surface area contributed by atoms with Crippen LogP contribution in [-0.4, -0.2) is 39.6 Å². The van der Waals surface area contributed by atoms with Gasteiger partial charge in [-0.25, -0.2) is 12.8 Å². The molecule has 0 saturated carbocycles. The van der Waals surface area contributed by atoms with Gasteiger partial charge in [0.15, 0.2) is 0 Å². The minimum absolute atomic E-state index is 0.0336. The molecule has 0 spiro atoms. The first-order chi connectivity index (χ1) is 16.4. The minimum Gasteiger partial charge on any atom is -0.419 e. The summed E-state index contributed by atoms with van der Waals surface area (Å²) in [5.41, 5.74) is 1.78. The Hall–Kier alpha value is -3.17. The molecule has 0 amide bonds. The molecule has 0 radical (unpaired) electrons. The number of halogens is 2. The van der Waals surface area contributed by atoms with Crippen molar-refractivity contribution in [2.24, 2.45) is 0 Å². The van der Waals surface area contributed by atoms with E-state index in [1.54, 1.807) is 12.1 Å². The summed E-state index contributed by atoms with van der Waals surface area (Å²) in [6.07, 6.45) is 0. The Morgan fingerprint density at radius 1 is 0.824 bits per heavy atom. The number of hydrogen-bond donors (Lipinski definition) is 0. The molecule has 1 aromatic heterocycles. The largest absolute Gasteiger partial charge is 0.419 e. The zero-order chi connectivity index (χ0) is 23.7. The molecular weight excluding hydrogens is 521 g/mol. The average molecular weight is 542 g/mol. The van der Waals surface area contributed by atoms with E-state index < -0.39 is 15.7 Å². The van der Waals surface area contributed by atoms with E-state index in [1.807, 2.05) is 35.2 Å². The van der Waals surface area contributed by atoms with Gasteiger partial charge in [-0.3, -0.25) is 0 Å². The van der Waals surface area contributed by atoms with E-state index >= 15 is 0 Å². The van der Waals surface area contributed by atoms with Crippen molar-refractivity contribution in [1.29, 1.82) is 0 Å². The smallest absolute Gasteiger partial charge is 0.236 e. The van der Waals surface area contributed by atoms with Crippen molar-refractivity contribution in [1.82, 2.24) is 4.98 Å². The summed E-state index contributed by atoms with van der Waals surface area (Å²) in [5, 5.41) is -0.162. The number of piperazine rings is 1. The summed E-state index contributed by atoms with van der Waals surface area (Å²) in [6.45, 7) is 2.54. The van der Waals surface area contributed by atoms with E-state index in [1.165, 1.54) is 12.1 Å². The SMILES string of the molecule is O=S(=O)(c1ccc(F)cc1)c1nc(-c2ccc(Br)cc2)oc1N1CCN(c2ccccc2)CC1. The lowest BCUT2D eigenvalue weighted by molar-refractivity contribution is 0.525. The van der Waals surface area contributed by atoms with Crippen LogP contribution in [0, 0.1) is 5.82 Å². The van der Waals surface area contributed by atoms with Gasteiger partial charge in [0.2, 0.25) is 26.6 Å². The van der Waals surface area contributed by atoms with Gasteiger partial charge in [0.25, 0.3) is 0 Å². The molecule has 3 aromatic carbocycles. The van der Waals surface area contributed by atoms with Crippen molar-refractivity contribution >= 4 is 37.3 Å². The van der Waals surface area contributed by atoms with E-state index in [4.69, 9.17) is 4.42 Å². The second-order valence-electron chi connectivity index (χ2n) is 7.90. The van der Waals surface area contributed by atoms with Gasteiger partial charge in [-0.05, 0) is 60.7 Å². The molecule has 0 bridgehead atoms. The van der Waals surface area contributed by atoms with Gasteiger partial charge in [-0.15, -0.1) is 0 Å². The average Bonchev–Trinajstić information content (AvgIpc) is 3.32. The summed E-state index contributed by atoms with van der Waals surface area (Å²) in [4.78, 5) is 8.54. The highest BCUT2D eigenvalue weighted by Crippen LogP contribution is 2.35. The first-order valence-electron chi connectivity index (χ1n) is 10.7. The Kier molecular flexibility index (Phi) is 6.14. The first kappa shape index (κ1) is 22.6. The van der Waals surface area contributed by atoms with E-state index in [2.05, 4.69) is 37.9 Å². The standard InChI is InChI=1S/C25H21BrFN3O3S/c26-19-8-6-18(7-9-19)23-28-24(34(31,32)22-12-10-20(27)11-13-22)25(33-23)30-16-14-29(15-17-30)21-4-2-1-3-5-21/h1-13H,14-17H2. The van der Waals surface area contributed by atoms with Crippen LogP contribution in [0.4, 0.5) is 16.0 Å². The van der Waals surface area contributed by atoms with Crippen LogP contribution in [0.3, 0.4) is 0 Å². The molecule has 0 unspecified atom stereocenters. The maximum Gasteiger partial charge on any atom is 0.236 e. The van der Waals surface area contributed by atoms with Crippen molar-refractivity contribution in [2.75, 3.05) is 36.0 Å². The molecule has 0 atom stereocenters. The molecular formula is C25H21BrFN3O3S. The lowest BCUT2D eigenvalue weighted by Gasteiger charge is -2.36. The van der Waals surface area contributed by atoms with E-state index in [9.17, 15) is 12.8 Å². The summed E-state index contributed by atoms with van der Waals surface area (Å²) in [5.74, 6) is -0.0875. The number of rotatable bonds is 5. The fourth-order valence-electron chi connectivity index (χ4n) is 3.92. The van der Waals surface area contributed by atoms with Crippen LogP contribution in [0.5, 0.6) is 0 Å². The molecule has 1 fully saturated rings. The fourth-order valence-corrected chi connectivity index (χ4v) is 5.51. The first-order valence-corrected chi connectivity index (χ1v) is 13.0. The zero-order valence-corrected chi connectivity index (χ0v) is 20.5. The summed E-state index contributed by atoms with van der Waals surface area (Å²) < 4.78 is 47.4. The van der Waals surface area contributed by atoms with Crippen molar-refractivity contribution in [3.8, 4) is 11.5 Å². The summed E-state index contributed by atoms with van der Waals surface area (Å²) in [6, 6.07) is 22.1. The van der Waals surface area contributed by atoms with Crippen LogP contribution in [-0.2, 0) is 9.84 Å². The molecule has 5 rings (SSSR count). The summed E-state index contributed by atoms with van der Waals surface area (Å²) >= 11 is 3.40. The van der Waals surface area contributed by atoms with Gasteiger partial charge in [0.05, 0.1) is 4.90 Å². The molecule has 1 aliphatic heterocycles. The Morgan fingerprint density at radius 3 is 2.09 bits per heavy atom. The van der Waals surface area contributed by atoms with E-state index in [0.29, 0.717) is 31.7 Å². The van der Waals surface area contributed by atoms with Crippen molar-refractivity contribution in [2.45, 2.75) is 9.92 Å². The quantitative estimate of drug-likeness (QED) is 0.315. The Labute approximate surface area is 205 Å². The van der Waals surface area contributed by atoms with Gasteiger partial charge in [0.1, 0.15) is 5.82 Å². The number of nitrogens with zero attached hydrogens (tertiary/aromatic N) is 3. The van der Waals surface area contributed by atoms with Gasteiger partial charge in [-0.2, -0.15) is 4.98 Å². The normalized spacial score (nSPS) is 14.4. The molecule has 1 aliphatic rings. The minimum atomic E-state index is -4.03. The maximum atomic E-state index is 13.5. The highest BCUT2D eigenvalue weighted by atomic mass is 79.9. The fraction of sp³-hybridized carbons (Fsp3) is 0.160. The van der Waals surface area contributed by atoms with Gasteiger partial charge in [-0.1, -0.05) is 34.1 Å². The van der Waals surface area contributed by atoms with Crippen LogP contribution in [0.15, 0.2) is 97.7 Å². The van der Waals surface area contributed by atoms with Crippen LogP contribution in [0.2, 0.25) is 0 Å². The van der Waals surface area contributed by atoms with Crippen molar-refractivity contribution < 1.29 is 17.2 Å². The second-order valence-corrected chi connectivity index (χ2v) is 10.7. The van der Waals surface area contributed by atoms with E-state index in [-0.39, 0.29) is 21.7 Å². The van der Waals surface area contributed by atoms with Crippen LogP contribution < -0.4 is 9.80 Å². The predicted octanol–water partition coefficient (Wildman–Crippen LogP) is 5.40. The van der Waals surface area contributed by atoms with Crippen LogP contribution >= 0.6 is 15.9 Å². The number of benzene rings is 3. The second kappa shape index (κ2) is 9.23. The van der Waals surface area contributed by atoms with Gasteiger partial charge < -0.3 is 14.2 Å². The number of anilines is 2. The molecule has 0 N–H and O–H groups in total. The summed E-state index contributed by atoms with van der Waals surface area (Å²) in [7, 11) is -4.03. The number of sulfone groups is 1. The Bertz CT molecular complexity index is 1380. The topological polar surface area (TPSA) is 66.7 Å². The van der Waals surface area contributed by atoms with Crippen LogP contribution in [0.25, 0.3) is 11.5 Å². The molecule has 174 valence electrons. The third kappa shape index (κ3) is 4.45. The van der Waals surface area contributed by atoms with Gasteiger partial charge >= 0.3 is 0 Å². The molecule has 9 heteroatoms. The lowest BCUT2D eigenvalue weighted by atomic mass is 10.2. The highest BCUT2D eigenvalue weighted by Gasteiger charge is 2.33. The Morgan fingerprint density at radius 2 is 1.44 bits per heavy atom. The molecule has 4 aromatic rings. The van der Waals surface area contributed by atoms with Gasteiger partial charge in [0, 0.05) is 41.9 Å². The maximum absolute atomic E-state index is 13.5. The number of aromatic nitrogens is 1. The van der Waals surface area contributed by atoms with Crippen molar-refractivity contribution in [3.63, 3.8) is 0 Å². The molecule has 0 aliphatic carbocycles. The number of oxazole rings is 1. The zero-order valence-electron chi connectivity index (χ0n) is 18.1. The monoisotopic (exact) mass is 541 g/mol. The molecule has 34 heavy (non-hydrogen) atoms. The highest BCUT2D eigenvalue weighted by molar-refractivity contribution is 9.10. The molecule has 6 nitrogen and oxygen atoms in total. The van der Waals surface area contributed by atoms with E-state index in [0.717, 1.165) is 22.3 Å². The van der Waals surface area contributed by atoms with Crippen molar-refractivity contribution in [3.05, 3.63) is 89.2 Å². The third-order valence-corrected chi connectivity index (χ3v) is 7.93. The third-order valence-electron chi connectivity index (χ3n) is 5.74. The lowest BCUT2D eigenvalue weighted by Crippen LogP contribution is -2.46. The Balaban J connectivity index is 1.52.